The SMILES string of the molecule is CC(C)Oc1ccc(C(=O)NCC2(C)CCCNC2)cc1.Cl. The van der Waals surface area contributed by atoms with Crippen LogP contribution in [0.15, 0.2) is 24.3 Å². The summed E-state index contributed by atoms with van der Waals surface area (Å²) in [4.78, 5) is 12.2. The smallest absolute Gasteiger partial charge is 0.251 e. The molecule has 1 aromatic rings. The molecule has 1 heterocycles. The Hall–Kier alpha value is -1.26. The van der Waals surface area contributed by atoms with Crippen LogP contribution < -0.4 is 15.4 Å². The van der Waals surface area contributed by atoms with E-state index in [0.29, 0.717) is 12.1 Å². The summed E-state index contributed by atoms with van der Waals surface area (Å²) in [6.45, 7) is 8.95. The van der Waals surface area contributed by atoms with Crippen molar-refractivity contribution in [1.82, 2.24) is 10.6 Å². The molecule has 2 rings (SSSR count). The summed E-state index contributed by atoms with van der Waals surface area (Å²) in [5.74, 6) is 0.780. The lowest BCUT2D eigenvalue weighted by Crippen LogP contribution is -2.45. The summed E-state index contributed by atoms with van der Waals surface area (Å²) in [5, 5.41) is 6.45. The Kier molecular flexibility index (Phi) is 7.17. The highest BCUT2D eigenvalue weighted by atomic mass is 35.5. The van der Waals surface area contributed by atoms with Gasteiger partial charge in [-0.05, 0) is 62.9 Å². The summed E-state index contributed by atoms with van der Waals surface area (Å²) in [5.41, 5.74) is 0.840. The second-order valence-electron chi connectivity index (χ2n) is 6.46. The van der Waals surface area contributed by atoms with Crippen LogP contribution in [0.5, 0.6) is 5.75 Å². The van der Waals surface area contributed by atoms with Gasteiger partial charge in [-0.15, -0.1) is 12.4 Å². The van der Waals surface area contributed by atoms with Crippen LogP contribution >= 0.6 is 12.4 Å². The van der Waals surface area contributed by atoms with Crippen LogP contribution in [-0.2, 0) is 0 Å². The first-order chi connectivity index (χ1) is 9.98. The number of nitrogens with one attached hydrogen (secondary N) is 2. The quantitative estimate of drug-likeness (QED) is 0.874. The van der Waals surface area contributed by atoms with E-state index < -0.39 is 0 Å². The Morgan fingerprint density at radius 2 is 2.05 bits per heavy atom. The van der Waals surface area contributed by atoms with Gasteiger partial charge in [0.1, 0.15) is 5.75 Å². The van der Waals surface area contributed by atoms with Gasteiger partial charge in [-0.3, -0.25) is 4.79 Å². The van der Waals surface area contributed by atoms with Crippen molar-refractivity contribution in [2.45, 2.75) is 39.7 Å². The topological polar surface area (TPSA) is 50.4 Å². The molecule has 0 spiro atoms. The summed E-state index contributed by atoms with van der Waals surface area (Å²) in [6, 6.07) is 7.32. The second kappa shape index (κ2) is 8.39. The number of benzene rings is 1. The van der Waals surface area contributed by atoms with Crippen molar-refractivity contribution >= 4 is 18.3 Å². The highest BCUT2D eigenvalue weighted by Gasteiger charge is 2.27. The Morgan fingerprint density at radius 3 is 2.59 bits per heavy atom. The van der Waals surface area contributed by atoms with Crippen LogP contribution in [0.2, 0.25) is 0 Å². The third-order valence-corrected chi connectivity index (χ3v) is 3.85. The highest BCUT2D eigenvalue weighted by Crippen LogP contribution is 2.24. The Bertz CT molecular complexity index is 468. The summed E-state index contributed by atoms with van der Waals surface area (Å²) in [7, 11) is 0. The van der Waals surface area contributed by atoms with Gasteiger partial charge < -0.3 is 15.4 Å². The van der Waals surface area contributed by atoms with E-state index in [1.165, 1.54) is 6.42 Å². The lowest BCUT2D eigenvalue weighted by atomic mass is 9.83. The molecule has 124 valence electrons. The first-order valence-electron chi connectivity index (χ1n) is 7.74. The zero-order valence-corrected chi connectivity index (χ0v) is 14.5. The van der Waals surface area contributed by atoms with Gasteiger partial charge in [0.15, 0.2) is 0 Å². The van der Waals surface area contributed by atoms with Crippen molar-refractivity contribution in [1.29, 1.82) is 0 Å². The molecule has 1 aliphatic rings. The average Bonchev–Trinajstić information content (AvgIpc) is 2.46. The van der Waals surface area contributed by atoms with E-state index in [2.05, 4.69) is 17.6 Å². The number of amides is 1. The van der Waals surface area contributed by atoms with Crippen molar-refractivity contribution < 1.29 is 9.53 Å². The monoisotopic (exact) mass is 326 g/mol. The zero-order chi connectivity index (χ0) is 15.3. The number of ether oxygens (including phenoxy) is 1. The molecular weight excluding hydrogens is 300 g/mol. The maximum atomic E-state index is 12.2. The lowest BCUT2D eigenvalue weighted by molar-refractivity contribution is 0.0924. The molecule has 0 bridgehead atoms. The molecule has 0 saturated carbocycles. The van der Waals surface area contributed by atoms with Gasteiger partial charge in [0, 0.05) is 18.7 Å². The molecule has 1 atom stereocenters. The van der Waals surface area contributed by atoms with Crippen LogP contribution in [0, 0.1) is 5.41 Å². The molecule has 1 saturated heterocycles. The summed E-state index contributed by atoms with van der Waals surface area (Å²) < 4.78 is 5.58. The molecule has 0 radical (unpaired) electrons. The third-order valence-electron chi connectivity index (χ3n) is 3.85. The fraction of sp³-hybridized carbons (Fsp3) is 0.588. The molecule has 1 amide bonds. The number of piperidine rings is 1. The number of hydrogen-bond donors (Lipinski definition) is 2. The fourth-order valence-corrected chi connectivity index (χ4v) is 2.62. The standard InChI is InChI=1S/C17H26N2O2.ClH/c1-13(2)21-15-7-5-14(6-8-15)16(20)19-12-17(3)9-4-10-18-11-17;/h5-8,13,18H,4,9-12H2,1-3H3,(H,19,20);1H. The molecule has 1 fully saturated rings. The van der Waals surface area contributed by atoms with E-state index >= 15 is 0 Å². The number of carbonyl (C=O) groups is 1. The number of hydrogen-bond acceptors (Lipinski definition) is 3. The van der Waals surface area contributed by atoms with Gasteiger partial charge in [0.25, 0.3) is 5.91 Å². The first-order valence-corrected chi connectivity index (χ1v) is 7.74. The maximum Gasteiger partial charge on any atom is 0.251 e. The van der Waals surface area contributed by atoms with Crippen LogP contribution in [0.4, 0.5) is 0 Å². The van der Waals surface area contributed by atoms with E-state index in [-0.39, 0.29) is 29.8 Å². The normalized spacial score (nSPS) is 21.1. The summed E-state index contributed by atoms with van der Waals surface area (Å²) >= 11 is 0. The fourth-order valence-electron chi connectivity index (χ4n) is 2.62. The second-order valence-corrected chi connectivity index (χ2v) is 6.46. The van der Waals surface area contributed by atoms with Crippen molar-refractivity contribution in [2.75, 3.05) is 19.6 Å². The van der Waals surface area contributed by atoms with E-state index in [4.69, 9.17) is 4.74 Å². The minimum absolute atomic E-state index is 0. The molecule has 0 aliphatic carbocycles. The van der Waals surface area contributed by atoms with Gasteiger partial charge in [0.2, 0.25) is 0 Å². The Labute approximate surface area is 139 Å². The van der Waals surface area contributed by atoms with Crippen LogP contribution in [-0.4, -0.2) is 31.6 Å². The van der Waals surface area contributed by atoms with Gasteiger partial charge in [0.05, 0.1) is 6.10 Å². The van der Waals surface area contributed by atoms with Crippen LogP contribution in [0.3, 0.4) is 0 Å². The predicted octanol–water partition coefficient (Wildman–Crippen LogP) is 3.02. The molecular formula is C17H27ClN2O2. The molecule has 22 heavy (non-hydrogen) atoms. The molecule has 2 N–H and O–H groups in total. The minimum atomic E-state index is -0.0158. The van der Waals surface area contributed by atoms with Gasteiger partial charge >= 0.3 is 0 Å². The van der Waals surface area contributed by atoms with Crippen LogP contribution in [0.1, 0.15) is 44.0 Å². The predicted molar refractivity (Wildman–Crippen MR) is 92.0 cm³/mol. The molecule has 5 heteroatoms. The average molecular weight is 327 g/mol. The zero-order valence-electron chi connectivity index (χ0n) is 13.6. The number of halogens is 1. The Morgan fingerprint density at radius 1 is 1.36 bits per heavy atom. The van der Waals surface area contributed by atoms with Gasteiger partial charge in [-0.2, -0.15) is 0 Å². The molecule has 1 unspecified atom stereocenters. The molecule has 1 aromatic carbocycles. The first kappa shape index (κ1) is 18.8. The van der Waals surface area contributed by atoms with E-state index in [9.17, 15) is 4.79 Å². The highest BCUT2D eigenvalue weighted by molar-refractivity contribution is 5.94. The largest absolute Gasteiger partial charge is 0.491 e. The molecule has 4 nitrogen and oxygen atoms in total. The van der Waals surface area contributed by atoms with E-state index in [0.717, 1.165) is 25.3 Å². The molecule has 0 aromatic heterocycles. The lowest BCUT2D eigenvalue weighted by Gasteiger charge is -2.34. The van der Waals surface area contributed by atoms with Crippen molar-refractivity contribution in [3.8, 4) is 5.75 Å². The van der Waals surface area contributed by atoms with Crippen molar-refractivity contribution in [3.63, 3.8) is 0 Å². The van der Waals surface area contributed by atoms with Gasteiger partial charge in [-0.1, -0.05) is 6.92 Å². The van der Waals surface area contributed by atoms with E-state index in [1.54, 1.807) is 0 Å². The third kappa shape index (κ3) is 5.50. The van der Waals surface area contributed by atoms with Crippen molar-refractivity contribution in [3.05, 3.63) is 29.8 Å². The minimum Gasteiger partial charge on any atom is -0.491 e. The Balaban J connectivity index is 0.00000242. The maximum absolute atomic E-state index is 12.2. The van der Waals surface area contributed by atoms with Crippen molar-refractivity contribution in [2.24, 2.45) is 5.41 Å². The number of carbonyl (C=O) groups excluding carboxylic acids is 1. The van der Waals surface area contributed by atoms with E-state index in [1.807, 2.05) is 38.1 Å². The number of rotatable bonds is 5. The van der Waals surface area contributed by atoms with Gasteiger partial charge in [-0.25, -0.2) is 0 Å². The summed E-state index contributed by atoms with van der Waals surface area (Å²) in [6.07, 6.45) is 2.47. The molecule has 1 aliphatic heterocycles. The van der Waals surface area contributed by atoms with Crippen LogP contribution in [0.25, 0.3) is 0 Å².